The zero-order chi connectivity index (χ0) is 16.5. The van der Waals surface area contributed by atoms with Gasteiger partial charge in [-0.2, -0.15) is 5.10 Å². The van der Waals surface area contributed by atoms with Gasteiger partial charge in [0.25, 0.3) is 5.91 Å². The third-order valence-corrected chi connectivity index (χ3v) is 4.28. The molecule has 2 heterocycles. The molecule has 0 saturated heterocycles. The number of rotatable bonds is 3. The van der Waals surface area contributed by atoms with Gasteiger partial charge < -0.3 is 9.73 Å². The van der Waals surface area contributed by atoms with E-state index < -0.39 is 0 Å². The molecule has 0 saturated carbocycles. The van der Waals surface area contributed by atoms with Crippen LogP contribution >= 0.6 is 0 Å². The van der Waals surface area contributed by atoms with Gasteiger partial charge in [0.05, 0.1) is 12.3 Å². The summed E-state index contributed by atoms with van der Waals surface area (Å²) in [6, 6.07) is 9.73. The summed E-state index contributed by atoms with van der Waals surface area (Å²) in [7, 11) is 0. The molecule has 1 aliphatic carbocycles. The first-order valence-electron chi connectivity index (χ1n) is 7.90. The first-order valence-corrected chi connectivity index (χ1v) is 7.90. The SMILES string of the molecule is O=C(NC1CCCc2occc21)c1ccn(-c2ccccc2F)n1. The van der Waals surface area contributed by atoms with Crippen molar-refractivity contribution in [3.8, 4) is 5.69 Å². The monoisotopic (exact) mass is 325 g/mol. The summed E-state index contributed by atoms with van der Waals surface area (Å²) in [6.07, 6.45) is 5.97. The number of hydrogen-bond acceptors (Lipinski definition) is 3. The first-order chi connectivity index (χ1) is 11.7. The molecule has 1 aliphatic rings. The third-order valence-electron chi connectivity index (χ3n) is 4.28. The largest absolute Gasteiger partial charge is 0.469 e. The number of hydrogen-bond donors (Lipinski definition) is 1. The third kappa shape index (κ3) is 2.60. The van der Waals surface area contributed by atoms with Gasteiger partial charge in [0.2, 0.25) is 0 Å². The standard InChI is InChI=1S/C18H16FN3O2/c19-13-4-1-2-6-16(13)22-10-8-15(21-22)18(23)20-14-5-3-7-17-12(14)9-11-24-17/h1-2,4,6,8-11,14H,3,5,7H2,(H,20,23). The van der Waals surface area contributed by atoms with Gasteiger partial charge in [0.15, 0.2) is 5.69 Å². The number of nitrogens with one attached hydrogen (secondary N) is 1. The molecule has 1 unspecified atom stereocenters. The van der Waals surface area contributed by atoms with Crippen LogP contribution in [0.2, 0.25) is 0 Å². The van der Waals surface area contributed by atoms with Crippen LogP contribution in [-0.4, -0.2) is 15.7 Å². The van der Waals surface area contributed by atoms with Gasteiger partial charge in [-0.05, 0) is 37.1 Å². The Morgan fingerprint density at radius 1 is 1.29 bits per heavy atom. The van der Waals surface area contributed by atoms with Crippen LogP contribution in [0.1, 0.15) is 40.7 Å². The Morgan fingerprint density at radius 3 is 3.04 bits per heavy atom. The number of amides is 1. The molecule has 1 atom stereocenters. The van der Waals surface area contributed by atoms with E-state index in [0.29, 0.717) is 5.69 Å². The molecular weight excluding hydrogens is 309 g/mol. The van der Waals surface area contributed by atoms with Crippen LogP contribution in [0.5, 0.6) is 0 Å². The van der Waals surface area contributed by atoms with E-state index >= 15 is 0 Å². The molecule has 3 aromatic rings. The lowest BCUT2D eigenvalue weighted by Gasteiger charge is -2.22. The summed E-state index contributed by atoms with van der Waals surface area (Å²) in [5.74, 6) is 0.274. The second kappa shape index (κ2) is 5.96. The van der Waals surface area contributed by atoms with Crippen LogP contribution in [0.15, 0.2) is 53.3 Å². The molecule has 0 spiro atoms. The minimum Gasteiger partial charge on any atom is -0.469 e. The van der Waals surface area contributed by atoms with Crippen molar-refractivity contribution in [2.45, 2.75) is 25.3 Å². The van der Waals surface area contributed by atoms with E-state index in [1.807, 2.05) is 6.07 Å². The zero-order valence-corrected chi connectivity index (χ0v) is 12.9. The van der Waals surface area contributed by atoms with E-state index in [2.05, 4.69) is 10.4 Å². The summed E-state index contributed by atoms with van der Waals surface area (Å²) >= 11 is 0. The number of benzene rings is 1. The van der Waals surface area contributed by atoms with E-state index in [0.717, 1.165) is 30.6 Å². The maximum atomic E-state index is 13.8. The molecule has 24 heavy (non-hydrogen) atoms. The van der Waals surface area contributed by atoms with Gasteiger partial charge in [-0.25, -0.2) is 9.07 Å². The fourth-order valence-corrected chi connectivity index (χ4v) is 3.09. The van der Waals surface area contributed by atoms with Crippen molar-refractivity contribution < 1.29 is 13.6 Å². The Labute approximate surface area is 138 Å². The van der Waals surface area contributed by atoms with Crippen LogP contribution in [0.25, 0.3) is 5.69 Å². The van der Waals surface area contributed by atoms with E-state index in [1.54, 1.807) is 36.7 Å². The van der Waals surface area contributed by atoms with Crippen molar-refractivity contribution in [3.63, 3.8) is 0 Å². The smallest absolute Gasteiger partial charge is 0.272 e. The second-order valence-corrected chi connectivity index (χ2v) is 5.81. The Bertz CT molecular complexity index is 884. The van der Waals surface area contributed by atoms with Gasteiger partial charge in [-0.15, -0.1) is 0 Å². The maximum Gasteiger partial charge on any atom is 0.272 e. The van der Waals surface area contributed by atoms with Crippen molar-refractivity contribution in [2.75, 3.05) is 0 Å². The molecule has 0 bridgehead atoms. The Balaban J connectivity index is 1.54. The summed E-state index contributed by atoms with van der Waals surface area (Å²) in [4.78, 5) is 12.5. The highest BCUT2D eigenvalue weighted by molar-refractivity contribution is 5.92. The highest BCUT2D eigenvalue weighted by atomic mass is 19.1. The number of carbonyl (C=O) groups excluding carboxylic acids is 1. The van der Waals surface area contributed by atoms with Crippen molar-refractivity contribution in [1.82, 2.24) is 15.1 Å². The number of fused-ring (bicyclic) bond motifs is 1. The molecule has 4 rings (SSSR count). The lowest BCUT2D eigenvalue weighted by Crippen LogP contribution is -2.30. The minimum absolute atomic E-state index is 0.0707. The predicted molar refractivity (Wildman–Crippen MR) is 85.4 cm³/mol. The molecule has 2 aromatic heterocycles. The summed E-state index contributed by atoms with van der Waals surface area (Å²) in [5, 5.41) is 7.18. The molecule has 0 radical (unpaired) electrons. The van der Waals surface area contributed by atoms with Gasteiger partial charge >= 0.3 is 0 Å². The van der Waals surface area contributed by atoms with Crippen molar-refractivity contribution in [1.29, 1.82) is 0 Å². The van der Waals surface area contributed by atoms with Gasteiger partial charge in [-0.1, -0.05) is 12.1 Å². The number of nitrogens with zero attached hydrogens (tertiary/aromatic N) is 2. The summed E-state index contributed by atoms with van der Waals surface area (Å²) < 4.78 is 20.6. The Kier molecular flexibility index (Phi) is 3.65. The number of aryl methyl sites for hydroxylation is 1. The lowest BCUT2D eigenvalue weighted by molar-refractivity contribution is 0.0926. The highest BCUT2D eigenvalue weighted by Crippen LogP contribution is 2.30. The van der Waals surface area contributed by atoms with E-state index in [4.69, 9.17) is 4.42 Å². The molecule has 6 heteroatoms. The van der Waals surface area contributed by atoms with Crippen LogP contribution in [-0.2, 0) is 6.42 Å². The van der Waals surface area contributed by atoms with Crippen LogP contribution < -0.4 is 5.32 Å². The van der Waals surface area contributed by atoms with E-state index in [1.165, 1.54) is 10.7 Å². The van der Waals surface area contributed by atoms with Crippen molar-refractivity contribution in [3.05, 3.63) is 71.7 Å². The normalized spacial score (nSPS) is 16.6. The first kappa shape index (κ1) is 14.7. The Morgan fingerprint density at radius 2 is 2.17 bits per heavy atom. The summed E-state index contributed by atoms with van der Waals surface area (Å²) in [5.41, 5.74) is 1.60. The average Bonchev–Trinajstić information content (AvgIpc) is 3.25. The fourth-order valence-electron chi connectivity index (χ4n) is 3.09. The van der Waals surface area contributed by atoms with Gasteiger partial charge in [-0.3, -0.25) is 4.79 Å². The number of aromatic nitrogens is 2. The number of carbonyl (C=O) groups is 1. The molecule has 0 aliphatic heterocycles. The fraction of sp³-hybridized carbons (Fsp3) is 0.222. The van der Waals surface area contributed by atoms with Gasteiger partial charge in [0.1, 0.15) is 17.3 Å². The highest BCUT2D eigenvalue weighted by Gasteiger charge is 2.25. The predicted octanol–water partition coefficient (Wildman–Crippen LogP) is 3.41. The van der Waals surface area contributed by atoms with E-state index in [-0.39, 0.29) is 23.5 Å². The molecular formula is C18H16FN3O2. The van der Waals surface area contributed by atoms with E-state index in [9.17, 15) is 9.18 Å². The quantitative estimate of drug-likeness (QED) is 0.803. The van der Waals surface area contributed by atoms with Gasteiger partial charge in [0, 0.05) is 18.2 Å². The molecule has 1 aromatic carbocycles. The zero-order valence-electron chi connectivity index (χ0n) is 12.9. The van der Waals surface area contributed by atoms with Crippen molar-refractivity contribution >= 4 is 5.91 Å². The average molecular weight is 325 g/mol. The molecule has 0 fully saturated rings. The van der Waals surface area contributed by atoms with Crippen LogP contribution in [0.3, 0.4) is 0 Å². The second-order valence-electron chi connectivity index (χ2n) is 5.81. The molecule has 5 nitrogen and oxygen atoms in total. The number of para-hydroxylation sites is 1. The Hall–Kier alpha value is -2.89. The van der Waals surface area contributed by atoms with Crippen molar-refractivity contribution in [2.24, 2.45) is 0 Å². The van der Waals surface area contributed by atoms with Crippen LogP contribution in [0.4, 0.5) is 4.39 Å². The molecule has 122 valence electrons. The lowest BCUT2D eigenvalue weighted by atomic mass is 9.93. The maximum absolute atomic E-state index is 13.8. The molecule has 1 N–H and O–H groups in total. The molecule has 1 amide bonds. The summed E-state index contributed by atoms with van der Waals surface area (Å²) in [6.45, 7) is 0. The topological polar surface area (TPSA) is 60.1 Å². The minimum atomic E-state index is -0.386. The number of halogens is 1. The number of furan rings is 1. The van der Waals surface area contributed by atoms with Crippen LogP contribution in [0, 0.1) is 5.82 Å².